The normalized spacial score (nSPS) is 20.0. The number of carbonyl (C=O) groups is 1. The van der Waals surface area contributed by atoms with E-state index in [9.17, 15) is 4.79 Å². The molecule has 21 heavy (non-hydrogen) atoms. The lowest BCUT2D eigenvalue weighted by molar-refractivity contribution is 0.1000. The number of primary amides is 1. The van der Waals surface area contributed by atoms with Gasteiger partial charge < -0.3 is 16.8 Å². The fourth-order valence-electron chi connectivity index (χ4n) is 2.35. The first-order valence-corrected chi connectivity index (χ1v) is 6.97. The number of amides is 1. The number of benzene rings is 1. The molecule has 2 aromatic rings. The van der Waals surface area contributed by atoms with Crippen molar-refractivity contribution in [2.45, 2.75) is 24.9 Å². The van der Waals surface area contributed by atoms with E-state index in [1.807, 2.05) is 24.4 Å². The molecule has 3 rings (SSSR count). The highest BCUT2D eigenvalue weighted by atomic mass is 16.1. The van der Waals surface area contributed by atoms with Crippen LogP contribution in [0.4, 0.5) is 5.82 Å². The molecule has 0 radical (unpaired) electrons. The molecule has 1 aliphatic rings. The van der Waals surface area contributed by atoms with Gasteiger partial charge in [-0.15, -0.1) is 0 Å². The maximum absolute atomic E-state index is 11.1. The zero-order valence-corrected chi connectivity index (χ0v) is 11.6. The average Bonchev–Trinajstić information content (AvgIpc) is 3.23. The molecular weight excluding hydrogens is 264 g/mol. The minimum Gasteiger partial charge on any atom is -0.366 e. The van der Waals surface area contributed by atoms with Crippen LogP contribution in [0, 0.1) is 0 Å². The molecule has 1 heterocycles. The summed E-state index contributed by atoms with van der Waals surface area (Å²) in [5, 5.41) is 3.23. The van der Waals surface area contributed by atoms with Gasteiger partial charge in [0.1, 0.15) is 5.82 Å². The molecule has 1 saturated carbocycles. The van der Waals surface area contributed by atoms with Crippen molar-refractivity contribution in [2.24, 2.45) is 11.5 Å². The molecule has 1 aromatic heterocycles. The first kappa shape index (κ1) is 13.6. The van der Waals surface area contributed by atoms with Gasteiger partial charge >= 0.3 is 0 Å². The molecule has 1 fully saturated rings. The van der Waals surface area contributed by atoms with Crippen LogP contribution in [0.25, 0.3) is 0 Å². The van der Waals surface area contributed by atoms with Crippen LogP contribution < -0.4 is 16.8 Å². The van der Waals surface area contributed by atoms with Crippen LogP contribution in [-0.2, 0) is 6.54 Å². The van der Waals surface area contributed by atoms with E-state index in [2.05, 4.69) is 16.4 Å². The summed E-state index contributed by atoms with van der Waals surface area (Å²) in [4.78, 5) is 15.5. The van der Waals surface area contributed by atoms with E-state index >= 15 is 0 Å². The molecule has 1 aromatic carbocycles. The highest BCUT2D eigenvalue weighted by Crippen LogP contribution is 2.38. The number of hydrogen-bond acceptors (Lipinski definition) is 4. The third-order valence-corrected chi connectivity index (χ3v) is 3.74. The van der Waals surface area contributed by atoms with Gasteiger partial charge in [-0.25, -0.2) is 4.98 Å². The topological polar surface area (TPSA) is 94.0 Å². The zero-order valence-electron chi connectivity index (χ0n) is 11.6. The van der Waals surface area contributed by atoms with Crippen molar-refractivity contribution in [1.29, 1.82) is 0 Å². The lowest BCUT2D eigenvalue weighted by Gasteiger charge is -2.07. The summed E-state index contributed by atoms with van der Waals surface area (Å²) in [7, 11) is 0. The number of anilines is 1. The van der Waals surface area contributed by atoms with Crippen LogP contribution in [0.5, 0.6) is 0 Å². The van der Waals surface area contributed by atoms with Gasteiger partial charge in [0.05, 0.1) is 0 Å². The van der Waals surface area contributed by atoms with Crippen molar-refractivity contribution in [1.82, 2.24) is 4.98 Å². The predicted molar refractivity (Wildman–Crippen MR) is 81.9 cm³/mol. The molecule has 1 aliphatic carbocycles. The van der Waals surface area contributed by atoms with E-state index in [0.29, 0.717) is 24.1 Å². The Morgan fingerprint density at radius 2 is 2.14 bits per heavy atom. The second-order valence-electron chi connectivity index (χ2n) is 5.40. The van der Waals surface area contributed by atoms with Crippen molar-refractivity contribution < 1.29 is 4.79 Å². The fraction of sp³-hybridized carbons (Fsp3) is 0.250. The zero-order chi connectivity index (χ0) is 14.8. The number of hydrogen-bond donors (Lipinski definition) is 3. The van der Waals surface area contributed by atoms with Crippen LogP contribution in [0.3, 0.4) is 0 Å². The minimum atomic E-state index is -0.417. The van der Waals surface area contributed by atoms with Gasteiger partial charge in [0.2, 0.25) is 5.91 Å². The van der Waals surface area contributed by atoms with Crippen LogP contribution in [0.15, 0.2) is 42.6 Å². The third kappa shape index (κ3) is 3.20. The number of aromatic nitrogens is 1. The Kier molecular flexibility index (Phi) is 3.58. The van der Waals surface area contributed by atoms with E-state index < -0.39 is 5.91 Å². The number of nitrogens with two attached hydrogens (primary N) is 2. The molecular formula is C16H18N4O. The predicted octanol–water partition coefficient (Wildman–Crippen LogP) is 1.61. The largest absolute Gasteiger partial charge is 0.366 e. The van der Waals surface area contributed by atoms with E-state index in [1.54, 1.807) is 12.1 Å². The monoisotopic (exact) mass is 282 g/mol. The smallest absolute Gasteiger partial charge is 0.248 e. The molecule has 0 bridgehead atoms. The lowest BCUT2D eigenvalue weighted by atomic mass is 10.1. The number of rotatable bonds is 5. The van der Waals surface area contributed by atoms with Gasteiger partial charge in [-0.1, -0.05) is 18.2 Å². The van der Waals surface area contributed by atoms with Gasteiger partial charge in [-0.3, -0.25) is 4.79 Å². The first-order valence-electron chi connectivity index (χ1n) is 6.97. The second-order valence-corrected chi connectivity index (χ2v) is 5.40. The van der Waals surface area contributed by atoms with Crippen molar-refractivity contribution >= 4 is 11.7 Å². The maximum Gasteiger partial charge on any atom is 0.248 e. The summed E-state index contributed by atoms with van der Waals surface area (Å²) < 4.78 is 0. The maximum atomic E-state index is 11.1. The Labute approximate surface area is 123 Å². The molecule has 5 heteroatoms. The highest BCUT2D eigenvalue weighted by molar-refractivity contribution is 5.92. The quantitative estimate of drug-likeness (QED) is 0.776. The average molecular weight is 282 g/mol. The molecule has 5 nitrogen and oxygen atoms in total. The van der Waals surface area contributed by atoms with Crippen LogP contribution in [-0.4, -0.2) is 16.9 Å². The van der Waals surface area contributed by atoms with Crippen LogP contribution in [0.2, 0.25) is 0 Å². The molecule has 0 saturated heterocycles. The lowest BCUT2D eigenvalue weighted by Crippen LogP contribution is -2.11. The van der Waals surface area contributed by atoms with Crippen LogP contribution >= 0.6 is 0 Å². The fourth-order valence-corrected chi connectivity index (χ4v) is 2.35. The SMILES string of the molecule is NC(=O)c1cccc(CNc2ccc([C@@H]3C[C@H]3N)cn2)c1. The Bertz CT molecular complexity index is 654. The van der Waals surface area contributed by atoms with E-state index in [1.165, 1.54) is 5.56 Å². The summed E-state index contributed by atoms with van der Waals surface area (Å²) >= 11 is 0. The highest BCUT2D eigenvalue weighted by Gasteiger charge is 2.34. The summed E-state index contributed by atoms with van der Waals surface area (Å²) in [6.07, 6.45) is 2.92. The van der Waals surface area contributed by atoms with Gasteiger partial charge in [0.15, 0.2) is 0 Å². The third-order valence-electron chi connectivity index (χ3n) is 3.74. The Morgan fingerprint density at radius 3 is 2.76 bits per heavy atom. The van der Waals surface area contributed by atoms with E-state index in [4.69, 9.17) is 11.5 Å². The summed E-state index contributed by atoms with van der Waals surface area (Å²) in [5.41, 5.74) is 13.8. The van der Waals surface area contributed by atoms with E-state index in [0.717, 1.165) is 17.8 Å². The molecule has 0 spiro atoms. The summed E-state index contributed by atoms with van der Waals surface area (Å²) in [6, 6.07) is 11.6. The van der Waals surface area contributed by atoms with Crippen LogP contribution in [0.1, 0.15) is 33.8 Å². The second kappa shape index (κ2) is 5.54. The Morgan fingerprint density at radius 1 is 1.33 bits per heavy atom. The summed E-state index contributed by atoms with van der Waals surface area (Å²) in [6.45, 7) is 0.594. The van der Waals surface area contributed by atoms with Crippen molar-refractivity contribution in [3.05, 3.63) is 59.3 Å². The number of pyridine rings is 1. The van der Waals surface area contributed by atoms with Crippen molar-refractivity contribution in [3.63, 3.8) is 0 Å². The number of carbonyl (C=O) groups excluding carboxylic acids is 1. The van der Waals surface area contributed by atoms with Gasteiger partial charge in [-0.05, 0) is 35.7 Å². The molecule has 108 valence electrons. The van der Waals surface area contributed by atoms with Gasteiger partial charge in [0.25, 0.3) is 0 Å². The molecule has 1 amide bonds. The molecule has 5 N–H and O–H groups in total. The van der Waals surface area contributed by atoms with Crippen molar-refractivity contribution in [3.8, 4) is 0 Å². The number of nitrogens with zero attached hydrogens (tertiary/aromatic N) is 1. The van der Waals surface area contributed by atoms with E-state index in [-0.39, 0.29) is 0 Å². The summed E-state index contributed by atoms with van der Waals surface area (Å²) in [5.74, 6) is 0.858. The number of nitrogens with one attached hydrogen (secondary N) is 1. The molecule has 0 aliphatic heterocycles. The molecule has 0 unspecified atom stereocenters. The minimum absolute atomic E-state index is 0.294. The van der Waals surface area contributed by atoms with Gasteiger partial charge in [0, 0.05) is 30.3 Å². The molecule has 2 atom stereocenters. The Balaban J connectivity index is 1.62. The standard InChI is InChI=1S/C16H18N4O/c17-14-7-13(14)12-4-5-15(20-9-12)19-8-10-2-1-3-11(6-10)16(18)21/h1-6,9,13-14H,7-8,17H2,(H2,18,21)(H,19,20)/t13-,14+/m0/s1. The van der Waals surface area contributed by atoms with Crippen molar-refractivity contribution in [2.75, 3.05) is 5.32 Å². The first-order chi connectivity index (χ1) is 10.1. The van der Waals surface area contributed by atoms with Gasteiger partial charge in [-0.2, -0.15) is 0 Å². The Hall–Kier alpha value is -2.40.